The van der Waals surface area contributed by atoms with Gasteiger partial charge in [0.1, 0.15) is 5.52 Å². The van der Waals surface area contributed by atoms with E-state index in [1.807, 2.05) is 38.1 Å². The van der Waals surface area contributed by atoms with Gasteiger partial charge in [-0.05, 0) is 36.6 Å². The largest absolute Gasteiger partial charge is 0.861 e. The summed E-state index contributed by atoms with van der Waals surface area (Å²) in [6.45, 7) is 3.91. The minimum atomic E-state index is -0.334. The SMILES string of the molecule is CC(C)[n+]1cc(/N=C(\[O-])CSc2nc3ccccc3o2)on1. The van der Waals surface area contributed by atoms with Crippen molar-refractivity contribution in [2.75, 3.05) is 5.75 Å². The predicted molar refractivity (Wildman–Crippen MR) is 78.9 cm³/mol. The molecule has 22 heavy (non-hydrogen) atoms. The highest BCUT2D eigenvalue weighted by Gasteiger charge is 2.14. The molecule has 0 spiro atoms. The van der Waals surface area contributed by atoms with Crippen molar-refractivity contribution in [3.05, 3.63) is 30.5 Å². The van der Waals surface area contributed by atoms with Crippen LogP contribution in [0.4, 0.5) is 5.88 Å². The highest BCUT2D eigenvalue weighted by atomic mass is 32.2. The molecule has 2 aromatic heterocycles. The molecule has 0 radical (unpaired) electrons. The lowest BCUT2D eigenvalue weighted by atomic mass is 10.3. The molecule has 1 aromatic carbocycles. The molecule has 7 nitrogen and oxygen atoms in total. The number of hydrogen-bond donors (Lipinski definition) is 0. The fourth-order valence-electron chi connectivity index (χ4n) is 1.73. The summed E-state index contributed by atoms with van der Waals surface area (Å²) in [6.07, 6.45) is 1.59. The molecule has 3 aromatic rings. The van der Waals surface area contributed by atoms with Gasteiger partial charge in [-0.1, -0.05) is 23.9 Å². The summed E-state index contributed by atoms with van der Waals surface area (Å²) in [4.78, 5) is 8.13. The smallest absolute Gasteiger partial charge is 0.320 e. The van der Waals surface area contributed by atoms with Crippen LogP contribution in [0.2, 0.25) is 0 Å². The minimum absolute atomic E-state index is 0.120. The van der Waals surface area contributed by atoms with Crippen LogP contribution in [0.15, 0.2) is 49.6 Å². The van der Waals surface area contributed by atoms with E-state index < -0.39 is 0 Å². The highest BCUT2D eigenvalue weighted by molar-refractivity contribution is 7.99. The number of oxazole rings is 1. The fourth-order valence-corrected chi connectivity index (χ4v) is 2.36. The molecule has 0 bridgehead atoms. The molecular weight excluding hydrogens is 304 g/mol. The maximum absolute atomic E-state index is 11.8. The molecule has 0 atom stereocenters. The Morgan fingerprint density at radius 3 is 2.95 bits per heavy atom. The Balaban J connectivity index is 1.65. The van der Waals surface area contributed by atoms with Crippen LogP contribution in [0, 0.1) is 0 Å². The lowest BCUT2D eigenvalue weighted by Gasteiger charge is -2.05. The molecule has 114 valence electrons. The van der Waals surface area contributed by atoms with Crippen LogP contribution >= 0.6 is 11.8 Å². The third-order valence-corrected chi connectivity index (χ3v) is 3.64. The minimum Gasteiger partial charge on any atom is -0.861 e. The Morgan fingerprint density at radius 2 is 2.23 bits per heavy atom. The summed E-state index contributed by atoms with van der Waals surface area (Å²) >= 11 is 1.20. The number of thioether (sulfide) groups is 1. The van der Waals surface area contributed by atoms with E-state index in [1.165, 1.54) is 11.8 Å². The van der Waals surface area contributed by atoms with E-state index in [9.17, 15) is 5.11 Å². The average molecular weight is 318 g/mol. The lowest BCUT2D eigenvalue weighted by molar-refractivity contribution is -0.779. The van der Waals surface area contributed by atoms with Gasteiger partial charge >= 0.3 is 5.88 Å². The van der Waals surface area contributed by atoms with Crippen molar-refractivity contribution < 1.29 is 18.7 Å². The standard InChI is InChI=1S/C14H14N4O3S/c1-9(2)18-7-13(21-17-18)16-12(19)8-22-14-15-10-5-3-4-6-11(10)20-14/h3-7,9H,8H2,1-2H3. The van der Waals surface area contributed by atoms with Crippen molar-refractivity contribution in [2.45, 2.75) is 25.1 Å². The van der Waals surface area contributed by atoms with Crippen molar-refractivity contribution in [3.63, 3.8) is 0 Å². The summed E-state index contributed by atoms with van der Waals surface area (Å²) in [5.74, 6) is -0.0222. The Hall–Kier alpha value is -2.35. The van der Waals surface area contributed by atoms with E-state index >= 15 is 0 Å². The van der Waals surface area contributed by atoms with Gasteiger partial charge in [0, 0.05) is 5.75 Å². The molecule has 0 aliphatic carbocycles. The second kappa shape index (κ2) is 6.18. The van der Waals surface area contributed by atoms with E-state index in [-0.39, 0.29) is 23.6 Å². The number of nitrogens with zero attached hydrogens (tertiary/aromatic N) is 4. The molecule has 0 fully saturated rings. The van der Waals surface area contributed by atoms with Gasteiger partial charge in [-0.25, -0.2) is 9.98 Å². The first kappa shape index (κ1) is 14.6. The monoisotopic (exact) mass is 318 g/mol. The second-order valence-electron chi connectivity index (χ2n) is 4.86. The van der Waals surface area contributed by atoms with Gasteiger partial charge < -0.3 is 9.52 Å². The van der Waals surface area contributed by atoms with E-state index in [1.54, 1.807) is 10.9 Å². The van der Waals surface area contributed by atoms with E-state index in [2.05, 4.69) is 15.2 Å². The molecule has 0 aliphatic heterocycles. The van der Waals surface area contributed by atoms with Crippen LogP contribution in [0.5, 0.6) is 0 Å². The van der Waals surface area contributed by atoms with Crippen molar-refractivity contribution in [1.82, 2.24) is 10.3 Å². The summed E-state index contributed by atoms with van der Waals surface area (Å²) in [7, 11) is 0. The van der Waals surface area contributed by atoms with Crippen molar-refractivity contribution in [2.24, 2.45) is 4.99 Å². The molecule has 0 amide bonds. The molecule has 0 saturated carbocycles. The van der Waals surface area contributed by atoms with Crippen LogP contribution in [0.25, 0.3) is 11.1 Å². The van der Waals surface area contributed by atoms with Gasteiger partial charge in [0.2, 0.25) is 5.27 Å². The second-order valence-corrected chi connectivity index (χ2v) is 5.78. The van der Waals surface area contributed by atoms with Crippen molar-refractivity contribution in [1.29, 1.82) is 0 Å². The first-order chi connectivity index (χ1) is 10.6. The molecule has 3 rings (SSSR count). The molecule has 2 heterocycles. The van der Waals surface area contributed by atoms with E-state index in [4.69, 9.17) is 8.94 Å². The topological polar surface area (TPSA) is 91.4 Å². The Bertz CT molecular complexity index is 776. The van der Waals surface area contributed by atoms with Gasteiger partial charge in [0.05, 0.1) is 0 Å². The normalized spacial score (nSPS) is 12.4. The predicted octanol–water partition coefficient (Wildman–Crippen LogP) is 1.87. The number of fused-ring (bicyclic) bond motifs is 1. The summed E-state index contributed by atoms with van der Waals surface area (Å²) < 4.78 is 12.1. The molecule has 0 aliphatic rings. The zero-order chi connectivity index (χ0) is 15.5. The van der Waals surface area contributed by atoms with Crippen LogP contribution < -0.4 is 9.79 Å². The van der Waals surface area contributed by atoms with Crippen molar-refractivity contribution in [3.8, 4) is 0 Å². The number of benzene rings is 1. The summed E-state index contributed by atoms with van der Waals surface area (Å²) in [6, 6.07) is 7.59. The highest BCUT2D eigenvalue weighted by Crippen LogP contribution is 2.23. The van der Waals surface area contributed by atoms with Gasteiger partial charge in [0.15, 0.2) is 11.6 Å². The van der Waals surface area contributed by atoms with E-state index in [0.29, 0.717) is 10.8 Å². The quantitative estimate of drug-likeness (QED) is 0.309. The first-order valence-corrected chi connectivity index (χ1v) is 7.71. The zero-order valence-electron chi connectivity index (χ0n) is 12.1. The van der Waals surface area contributed by atoms with Gasteiger partial charge in [-0.2, -0.15) is 0 Å². The van der Waals surface area contributed by atoms with Gasteiger partial charge in [-0.3, -0.25) is 4.52 Å². The molecule has 8 heteroatoms. The maximum atomic E-state index is 11.8. The third-order valence-electron chi connectivity index (χ3n) is 2.83. The summed E-state index contributed by atoms with van der Waals surface area (Å²) in [5.41, 5.74) is 1.46. The van der Waals surface area contributed by atoms with Crippen LogP contribution in [-0.2, 0) is 0 Å². The number of hydrogen-bond acceptors (Lipinski definition) is 7. The van der Waals surface area contributed by atoms with Gasteiger partial charge in [0.25, 0.3) is 11.4 Å². The Labute approximate surface area is 130 Å². The molecule has 0 N–H and O–H groups in total. The van der Waals surface area contributed by atoms with E-state index in [0.717, 1.165) is 5.52 Å². The number of para-hydroxylation sites is 2. The van der Waals surface area contributed by atoms with Gasteiger partial charge in [-0.15, -0.1) is 0 Å². The van der Waals surface area contributed by atoms with Crippen molar-refractivity contribution >= 4 is 34.6 Å². The lowest BCUT2D eigenvalue weighted by Crippen LogP contribution is -2.36. The average Bonchev–Trinajstić information content (AvgIpc) is 3.11. The first-order valence-electron chi connectivity index (χ1n) is 6.73. The maximum Gasteiger partial charge on any atom is 0.320 e. The van der Waals surface area contributed by atoms with Crippen LogP contribution in [0.3, 0.4) is 0 Å². The fraction of sp³-hybridized carbons (Fsp3) is 0.286. The van der Waals surface area contributed by atoms with Crippen LogP contribution in [-0.4, -0.2) is 21.9 Å². The number of aliphatic imine (C=N–C) groups is 1. The number of aromatic nitrogens is 3. The Morgan fingerprint density at radius 1 is 1.41 bits per heavy atom. The molecule has 0 saturated heterocycles. The Kier molecular flexibility index (Phi) is 4.10. The van der Waals surface area contributed by atoms with Crippen LogP contribution in [0.1, 0.15) is 19.9 Å². The molecule has 0 unspecified atom stereocenters. The summed E-state index contributed by atoms with van der Waals surface area (Å²) in [5, 5.41) is 16.0. The third kappa shape index (κ3) is 3.28. The number of rotatable bonds is 5. The zero-order valence-corrected chi connectivity index (χ0v) is 12.9. The molecular formula is C14H14N4O3S.